The Morgan fingerprint density at radius 3 is 2.38 bits per heavy atom. The maximum Gasteiger partial charge on any atom is 0.311 e. The Kier molecular flexibility index (Phi) is 5.31. The molecule has 1 unspecified atom stereocenters. The van der Waals surface area contributed by atoms with Gasteiger partial charge in [0.15, 0.2) is 0 Å². The molecule has 2 aliphatic heterocycles. The number of rotatable bonds is 4. The first kappa shape index (κ1) is 19.2. The lowest BCUT2D eigenvalue weighted by atomic mass is 9.72. The van der Waals surface area contributed by atoms with Crippen molar-refractivity contribution >= 4 is 23.5 Å². The van der Waals surface area contributed by atoms with E-state index in [2.05, 4.69) is 0 Å². The number of hydrogen-bond donors (Lipinski definition) is 1. The quantitative estimate of drug-likeness (QED) is 0.871. The average Bonchev–Trinajstić information content (AvgIpc) is 3.09. The van der Waals surface area contributed by atoms with Gasteiger partial charge in [0.05, 0.1) is 10.8 Å². The molecule has 2 saturated heterocycles. The number of aliphatic carboxylic acids is 1. The van der Waals surface area contributed by atoms with Gasteiger partial charge in [-0.05, 0) is 36.8 Å². The van der Waals surface area contributed by atoms with Crippen molar-refractivity contribution < 1.29 is 19.4 Å². The van der Waals surface area contributed by atoms with Gasteiger partial charge in [-0.3, -0.25) is 9.59 Å². The molecule has 0 radical (unpaired) electrons. The Morgan fingerprint density at radius 1 is 1.19 bits per heavy atom. The largest absolute Gasteiger partial charge is 0.481 e. The van der Waals surface area contributed by atoms with Crippen LogP contribution in [0.5, 0.6) is 0 Å². The highest BCUT2D eigenvalue weighted by Gasteiger charge is 2.52. The van der Waals surface area contributed by atoms with Gasteiger partial charge < -0.3 is 14.7 Å². The highest BCUT2D eigenvalue weighted by molar-refractivity contribution is 6.31. The lowest BCUT2D eigenvalue weighted by molar-refractivity contribution is -0.152. The fourth-order valence-corrected chi connectivity index (χ4v) is 4.69. The second-order valence-corrected chi connectivity index (χ2v) is 8.17. The lowest BCUT2D eigenvalue weighted by Crippen LogP contribution is -2.50. The van der Waals surface area contributed by atoms with Crippen molar-refractivity contribution in [2.45, 2.75) is 38.5 Å². The van der Waals surface area contributed by atoms with Crippen LogP contribution in [0.2, 0.25) is 5.02 Å². The number of carbonyl (C=O) groups is 2. The second-order valence-electron chi connectivity index (χ2n) is 7.77. The topological polar surface area (TPSA) is 66.8 Å². The summed E-state index contributed by atoms with van der Waals surface area (Å²) in [6, 6.07) is 7.47. The van der Waals surface area contributed by atoms with E-state index in [-0.39, 0.29) is 18.4 Å². The Labute approximate surface area is 159 Å². The maximum absolute atomic E-state index is 13.6. The average molecular weight is 380 g/mol. The smallest absolute Gasteiger partial charge is 0.311 e. The predicted molar refractivity (Wildman–Crippen MR) is 99.3 cm³/mol. The van der Waals surface area contributed by atoms with Crippen LogP contribution in [0.25, 0.3) is 0 Å². The number of halogens is 1. The first-order chi connectivity index (χ1) is 12.3. The van der Waals surface area contributed by atoms with Crippen molar-refractivity contribution in [1.82, 2.24) is 4.90 Å². The van der Waals surface area contributed by atoms with Crippen molar-refractivity contribution in [2.75, 3.05) is 26.3 Å². The first-order valence-electron chi connectivity index (χ1n) is 9.19. The van der Waals surface area contributed by atoms with Crippen LogP contribution in [0.1, 0.15) is 38.7 Å². The molecule has 1 atom stereocenters. The van der Waals surface area contributed by atoms with E-state index in [4.69, 9.17) is 16.3 Å². The van der Waals surface area contributed by atoms with Crippen LogP contribution in [0.4, 0.5) is 0 Å². The van der Waals surface area contributed by atoms with Gasteiger partial charge in [0.2, 0.25) is 5.91 Å². The highest BCUT2D eigenvalue weighted by Crippen LogP contribution is 2.44. The van der Waals surface area contributed by atoms with Crippen LogP contribution in [0.15, 0.2) is 24.3 Å². The molecule has 3 rings (SSSR count). The van der Waals surface area contributed by atoms with Gasteiger partial charge in [-0.15, -0.1) is 0 Å². The van der Waals surface area contributed by atoms with Crippen molar-refractivity contribution in [3.05, 3.63) is 34.9 Å². The molecule has 5 nitrogen and oxygen atoms in total. The molecule has 1 N–H and O–H groups in total. The number of carbonyl (C=O) groups excluding carboxylic acids is 1. The summed E-state index contributed by atoms with van der Waals surface area (Å²) in [5.74, 6) is -0.872. The number of nitrogens with zero attached hydrogens (tertiary/aromatic N) is 1. The molecule has 1 aromatic rings. The minimum Gasteiger partial charge on any atom is -0.481 e. The normalized spacial score (nSPS) is 25.5. The van der Waals surface area contributed by atoms with Crippen LogP contribution in [0.3, 0.4) is 0 Å². The minimum atomic E-state index is -0.873. The van der Waals surface area contributed by atoms with E-state index in [9.17, 15) is 14.7 Å². The predicted octanol–water partition coefficient (Wildman–Crippen LogP) is 3.35. The van der Waals surface area contributed by atoms with Crippen molar-refractivity contribution in [3.8, 4) is 0 Å². The maximum atomic E-state index is 13.6. The first-order valence-corrected chi connectivity index (χ1v) is 9.57. The van der Waals surface area contributed by atoms with Crippen LogP contribution in [0, 0.1) is 11.3 Å². The summed E-state index contributed by atoms with van der Waals surface area (Å²) in [5, 5.41) is 10.4. The van der Waals surface area contributed by atoms with Crippen molar-refractivity contribution in [3.63, 3.8) is 0 Å². The summed E-state index contributed by atoms with van der Waals surface area (Å²) in [6.45, 7) is 5.56. The van der Waals surface area contributed by atoms with Crippen LogP contribution in [-0.2, 0) is 19.7 Å². The number of likely N-dealkylation sites (tertiary alicyclic amines) is 1. The molecule has 2 heterocycles. The van der Waals surface area contributed by atoms with E-state index in [0.29, 0.717) is 44.0 Å². The summed E-state index contributed by atoms with van der Waals surface area (Å²) in [7, 11) is 0. The zero-order valence-corrected chi connectivity index (χ0v) is 16.1. The number of amides is 1. The van der Waals surface area contributed by atoms with Gasteiger partial charge in [0.25, 0.3) is 0 Å². The van der Waals surface area contributed by atoms with E-state index < -0.39 is 16.8 Å². The van der Waals surface area contributed by atoms with E-state index in [0.717, 1.165) is 5.56 Å². The summed E-state index contributed by atoms with van der Waals surface area (Å²) >= 11 is 6.45. The molecule has 0 spiro atoms. The van der Waals surface area contributed by atoms with Gasteiger partial charge in [-0.1, -0.05) is 43.6 Å². The minimum absolute atomic E-state index is 0.0160. The monoisotopic (exact) mass is 379 g/mol. The third-order valence-corrected chi connectivity index (χ3v) is 6.59. The zero-order chi connectivity index (χ0) is 18.9. The Morgan fingerprint density at radius 2 is 1.85 bits per heavy atom. The van der Waals surface area contributed by atoms with Crippen LogP contribution < -0.4 is 0 Å². The molecular formula is C20H26ClNO4. The Balaban J connectivity index is 1.95. The Hall–Kier alpha value is -1.59. The summed E-state index contributed by atoms with van der Waals surface area (Å²) < 4.78 is 5.51. The van der Waals surface area contributed by atoms with Crippen molar-refractivity contribution in [1.29, 1.82) is 0 Å². The van der Waals surface area contributed by atoms with Crippen molar-refractivity contribution in [2.24, 2.45) is 11.3 Å². The van der Waals surface area contributed by atoms with E-state index in [1.54, 1.807) is 11.0 Å². The highest BCUT2D eigenvalue weighted by atomic mass is 35.5. The number of ether oxygens (including phenoxy) is 1. The molecule has 0 aliphatic carbocycles. The molecule has 1 aromatic carbocycles. The van der Waals surface area contributed by atoms with Gasteiger partial charge in [0.1, 0.15) is 0 Å². The number of carboxylic acid groups (broad SMARTS) is 1. The number of hydrogen-bond acceptors (Lipinski definition) is 3. The molecule has 142 valence electrons. The van der Waals surface area contributed by atoms with Gasteiger partial charge >= 0.3 is 5.97 Å². The zero-order valence-electron chi connectivity index (χ0n) is 15.3. The van der Waals surface area contributed by atoms with E-state index in [1.165, 1.54) is 0 Å². The second kappa shape index (κ2) is 7.20. The molecule has 6 heteroatoms. The SMILES string of the molecule is CC(C)C1(C(=O)O)CCN(C(=O)C2(c3ccccc3Cl)CCOCC2)C1. The Bertz CT molecular complexity index is 699. The lowest BCUT2D eigenvalue weighted by Gasteiger charge is -2.40. The molecule has 1 amide bonds. The number of benzene rings is 1. The molecule has 0 saturated carbocycles. The number of carboxylic acids is 1. The molecule has 2 aliphatic rings. The summed E-state index contributed by atoms with van der Waals surface area (Å²) in [4.78, 5) is 27.3. The molecule has 2 fully saturated rings. The molecule has 26 heavy (non-hydrogen) atoms. The third-order valence-electron chi connectivity index (χ3n) is 6.26. The standard InChI is InChI=1S/C20H26ClNO4/c1-14(2)20(18(24)25)7-10-22(13-20)17(23)19(8-11-26-12-9-19)15-5-3-4-6-16(15)21/h3-6,14H,7-13H2,1-2H3,(H,24,25). The van der Waals surface area contributed by atoms with Crippen LogP contribution in [-0.4, -0.2) is 48.2 Å². The van der Waals surface area contributed by atoms with Gasteiger partial charge in [-0.25, -0.2) is 0 Å². The fourth-order valence-electron chi connectivity index (χ4n) is 4.37. The summed E-state index contributed by atoms with van der Waals surface area (Å²) in [5.41, 5.74) is -0.780. The fraction of sp³-hybridized carbons (Fsp3) is 0.600. The molecule has 0 bridgehead atoms. The van der Waals surface area contributed by atoms with Crippen LogP contribution >= 0.6 is 11.6 Å². The third kappa shape index (κ3) is 3.01. The molecular weight excluding hydrogens is 354 g/mol. The van der Waals surface area contributed by atoms with Gasteiger partial charge in [-0.2, -0.15) is 0 Å². The van der Waals surface area contributed by atoms with E-state index >= 15 is 0 Å². The van der Waals surface area contributed by atoms with Gasteiger partial charge in [0, 0.05) is 31.3 Å². The van der Waals surface area contributed by atoms with E-state index in [1.807, 2.05) is 32.0 Å². The molecule has 0 aromatic heterocycles. The summed E-state index contributed by atoms with van der Waals surface area (Å²) in [6.07, 6.45) is 1.61.